The standard InChI is InChI=1S/C15H25NO/c1-12(2)17-9-5-8-16-11-15-10-13(3)6-7-14(15)4/h6-7,10,12,16H,5,8-9,11H2,1-4H3. The third-order valence-electron chi connectivity index (χ3n) is 2.77. The van der Waals surface area contributed by atoms with Gasteiger partial charge in [0.1, 0.15) is 0 Å². The van der Waals surface area contributed by atoms with Crippen LogP contribution in [0, 0.1) is 13.8 Å². The quantitative estimate of drug-likeness (QED) is 0.733. The van der Waals surface area contributed by atoms with Crippen molar-refractivity contribution >= 4 is 0 Å². The number of rotatable bonds is 7. The summed E-state index contributed by atoms with van der Waals surface area (Å²) in [5, 5.41) is 3.46. The Morgan fingerprint density at radius 2 is 2.00 bits per heavy atom. The van der Waals surface area contributed by atoms with Gasteiger partial charge >= 0.3 is 0 Å². The lowest BCUT2D eigenvalue weighted by atomic mass is 10.1. The molecule has 0 amide bonds. The van der Waals surface area contributed by atoms with Crippen LogP contribution in [-0.2, 0) is 11.3 Å². The van der Waals surface area contributed by atoms with Crippen LogP contribution in [0.25, 0.3) is 0 Å². The zero-order valence-electron chi connectivity index (χ0n) is 11.5. The molecule has 1 N–H and O–H groups in total. The van der Waals surface area contributed by atoms with E-state index in [4.69, 9.17) is 4.74 Å². The highest BCUT2D eigenvalue weighted by Crippen LogP contribution is 2.10. The molecule has 0 unspecified atom stereocenters. The van der Waals surface area contributed by atoms with Gasteiger partial charge in [0.15, 0.2) is 0 Å². The molecule has 2 nitrogen and oxygen atoms in total. The summed E-state index contributed by atoms with van der Waals surface area (Å²) in [4.78, 5) is 0. The average molecular weight is 235 g/mol. The van der Waals surface area contributed by atoms with E-state index in [0.29, 0.717) is 6.10 Å². The van der Waals surface area contributed by atoms with Gasteiger partial charge in [-0.25, -0.2) is 0 Å². The third kappa shape index (κ3) is 5.85. The highest BCUT2D eigenvalue weighted by Gasteiger charge is 1.98. The summed E-state index contributed by atoms with van der Waals surface area (Å²) in [5.41, 5.74) is 4.09. The van der Waals surface area contributed by atoms with Crippen LogP contribution in [0.5, 0.6) is 0 Å². The van der Waals surface area contributed by atoms with Gasteiger partial charge in [-0.3, -0.25) is 0 Å². The predicted octanol–water partition coefficient (Wildman–Crippen LogP) is 3.21. The first kappa shape index (κ1) is 14.2. The lowest BCUT2D eigenvalue weighted by Crippen LogP contribution is -2.18. The van der Waals surface area contributed by atoms with Crippen LogP contribution in [0.1, 0.15) is 37.0 Å². The normalized spacial score (nSPS) is 11.1. The van der Waals surface area contributed by atoms with Crippen molar-refractivity contribution in [3.8, 4) is 0 Å². The molecule has 0 atom stereocenters. The van der Waals surface area contributed by atoms with Crippen LogP contribution in [0.2, 0.25) is 0 Å². The maximum atomic E-state index is 5.50. The van der Waals surface area contributed by atoms with Crippen molar-refractivity contribution in [3.05, 3.63) is 34.9 Å². The summed E-state index contributed by atoms with van der Waals surface area (Å²) in [6.07, 6.45) is 1.41. The summed E-state index contributed by atoms with van der Waals surface area (Å²) in [5.74, 6) is 0. The van der Waals surface area contributed by atoms with Crippen LogP contribution in [0.3, 0.4) is 0 Å². The second kappa shape index (κ2) is 7.46. The van der Waals surface area contributed by atoms with E-state index in [1.807, 2.05) is 0 Å². The molecule has 1 aromatic carbocycles. The molecule has 0 saturated heterocycles. The molecule has 0 aromatic heterocycles. The lowest BCUT2D eigenvalue weighted by Gasteiger charge is -2.10. The van der Waals surface area contributed by atoms with Crippen molar-refractivity contribution in [2.75, 3.05) is 13.2 Å². The summed E-state index contributed by atoms with van der Waals surface area (Å²) in [6.45, 7) is 11.3. The Morgan fingerprint density at radius 3 is 2.71 bits per heavy atom. The van der Waals surface area contributed by atoms with Crippen LogP contribution in [-0.4, -0.2) is 19.3 Å². The minimum Gasteiger partial charge on any atom is -0.379 e. The summed E-state index contributed by atoms with van der Waals surface area (Å²) >= 11 is 0. The topological polar surface area (TPSA) is 21.3 Å². The monoisotopic (exact) mass is 235 g/mol. The Morgan fingerprint density at radius 1 is 1.24 bits per heavy atom. The first-order valence-electron chi connectivity index (χ1n) is 6.48. The summed E-state index contributed by atoms with van der Waals surface area (Å²) in [6, 6.07) is 6.61. The van der Waals surface area contributed by atoms with Crippen molar-refractivity contribution in [2.24, 2.45) is 0 Å². The fourth-order valence-electron chi connectivity index (χ4n) is 1.73. The van der Waals surface area contributed by atoms with Crippen molar-refractivity contribution < 1.29 is 4.74 Å². The van der Waals surface area contributed by atoms with Gasteiger partial charge in [-0.15, -0.1) is 0 Å². The van der Waals surface area contributed by atoms with Gasteiger partial charge in [-0.2, -0.15) is 0 Å². The van der Waals surface area contributed by atoms with Crippen molar-refractivity contribution in [3.63, 3.8) is 0 Å². The van der Waals surface area contributed by atoms with Crippen LogP contribution in [0.4, 0.5) is 0 Å². The van der Waals surface area contributed by atoms with Gasteiger partial charge in [0.05, 0.1) is 6.10 Å². The van der Waals surface area contributed by atoms with E-state index in [-0.39, 0.29) is 0 Å². The highest BCUT2D eigenvalue weighted by molar-refractivity contribution is 5.30. The Bertz CT molecular complexity index is 334. The van der Waals surface area contributed by atoms with Gasteiger partial charge in [0.2, 0.25) is 0 Å². The molecule has 0 bridgehead atoms. The van der Waals surface area contributed by atoms with Gasteiger partial charge in [0, 0.05) is 13.2 Å². The first-order chi connectivity index (χ1) is 8.09. The number of benzene rings is 1. The second-order valence-corrected chi connectivity index (χ2v) is 4.88. The molecule has 0 saturated carbocycles. The Kier molecular flexibility index (Phi) is 6.23. The fourth-order valence-corrected chi connectivity index (χ4v) is 1.73. The molecule has 0 fully saturated rings. The van der Waals surface area contributed by atoms with Gasteiger partial charge < -0.3 is 10.1 Å². The van der Waals surface area contributed by atoms with Crippen molar-refractivity contribution in [1.82, 2.24) is 5.32 Å². The maximum absolute atomic E-state index is 5.50. The smallest absolute Gasteiger partial charge is 0.0518 e. The molecular formula is C15H25NO. The molecule has 0 aliphatic carbocycles. The number of aryl methyl sites for hydroxylation is 2. The Hall–Kier alpha value is -0.860. The van der Waals surface area contributed by atoms with Crippen molar-refractivity contribution in [1.29, 1.82) is 0 Å². The van der Waals surface area contributed by atoms with E-state index < -0.39 is 0 Å². The molecule has 17 heavy (non-hydrogen) atoms. The molecular weight excluding hydrogens is 210 g/mol. The number of hydrogen-bond acceptors (Lipinski definition) is 2. The fraction of sp³-hybridized carbons (Fsp3) is 0.600. The van der Waals surface area contributed by atoms with Crippen LogP contribution < -0.4 is 5.32 Å². The zero-order chi connectivity index (χ0) is 12.7. The second-order valence-electron chi connectivity index (χ2n) is 4.88. The van der Waals surface area contributed by atoms with E-state index in [0.717, 1.165) is 26.1 Å². The highest BCUT2D eigenvalue weighted by atomic mass is 16.5. The van der Waals surface area contributed by atoms with E-state index in [1.165, 1.54) is 16.7 Å². The molecule has 0 heterocycles. The molecule has 0 radical (unpaired) electrons. The number of hydrogen-bond donors (Lipinski definition) is 1. The zero-order valence-corrected chi connectivity index (χ0v) is 11.5. The summed E-state index contributed by atoms with van der Waals surface area (Å²) in [7, 11) is 0. The Balaban J connectivity index is 2.20. The van der Waals surface area contributed by atoms with E-state index >= 15 is 0 Å². The lowest BCUT2D eigenvalue weighted by molar-refractivity contribution is 0.0770. The molecule has 1 aromatic rings. The van der Waals surface area contributed by atoms with Gasteiger partial charge in [0.25, 0.3) is 0 Å². The number of ether oxygens (including phenoxy) is 1. The van der Waals surface area contributed by atoms with Gasteiger partial charge in [-0.05, 0) is 51.8 Å². The minimum absolute atomic E-state index is 0.342. The molecule has 1 rings (SSSR count). The largest absolute Gasteiger partial charge is 0.379 e. The van der Waals surface area contributed by atoms with E-state index in [2.05, 4.69) is 51.2 Å². The SMILES string of the molecule is Cc1ccc(C)c(CNCCCOC(C)C)c1. The van der Waals surface area contributed by atoms with Crippen LogP contribution in [0.15, 0.2) is 18.2 Å². The van der Waals surface area contributed by atoms with Gasteiger partial charge in [-0.1, -0.05) is 23.8 Å². The number of nitrogens with one attached hydrogen (secondary N) is 1. The third-order valence-corrected chi connectivity index (χ3v) is 2.77. The molecule has 0 spiro atoms. The minimum atomic E-state index is 0.342. The maximum Gasteiger partial charge on any atom is 0.0518 e. The van der Waals surface area contributed by atoms with E-state index in [1.54, 1.807) is 0 Å². The molecule has 2 heteroatoms. The Labute approximate surface area is 105 Å². The van der Waals surface area contributed by atoms with Crippen molar-refractivity contribution in [2.45, 2.75) is 46.8 Å². The van der Waals surface area contributed by atoms with E-state index in [9.17, 15) is 0 Å². The molecule has 96 valence electrons. The summed E-state index contributed by atoms with van der Waals surface area (Å²) < 4.78 is 5.50. The molecule has 0 aliphatic heterocycles. The average Bonchev–Trinajstić information content (AvgIpc) is 2.27. The van der Waals surface area contributed by atoms with Crippen LogP contribution >= 0.6 is 0 Å². The molecule has 0 aliphatic rings. The predicted molar refractivity (Wildman–Crippen MR) is 73.3 cm³/mol. The first-order valence-corrected chi connectivity index (χ1v) is 6.48.